The van der Waals surface area contributed by atoms with Gasteiger partial charge in [0.25, 0.3) is 0 Å². The maximum absolute atomic E-state index is 13.4. The summed E-state index contributed by atoms with van der Waals surface area (Å²) in [5, 5.41) is 21.8. The lowest BCUT2D eigenvalue weighted by atomic mass is 9.88. The Labute approximate surface area is 522 Å². The van der Waals surface area contributed by atoms with Gasteiger partial charge in [0.1, 0.15) is 11.2 Å². The minimum Gasteiger partial charge on any atom is -0.481 e. The van der Waals surface area contributed by atoms with Gasteiger partial charge in [0.05, 0.1) is 45.7 Å². The predicted octanol–water partition coefficient (Wildman–Crippen LogP) is 13.8. The molecule has 3 aliphatic rings. The fourth-order valence-electron chi connectivity index (χ4n) is 11.2. The van der Waals surface area contributed by atoms with Crippen molar-refractivity contribution in [3.63, 3.8) is 0 Å². The average Bonchev–Trinajstić information content (AvgIpc) is 2.17. The van der Waals surface area contributed by atoms with E-state index >= 15 is 0 Å². The second kappa shape index (κ2) is 30.3. The van der Waals surface area contributed by atoms with E-state index in [2.05, 4.69) is 43.0 Å². The van der Waals surface area contributed by atoms with Crippen LogP contribution in [-0.4, -0.2) is 110 Å². The zero-order valence-electron chi connectivity index (χ0n) is 49.9. The molecule has 464 valence electrons. The van der Waals surface area contributed by atoms with Crippen LogP contribution in [0.5, 0.6) is 0 Å². The molecule has 0 spiro atoms. The minimum absolute atomic E-state index is 0. The molecule has 0 bridgehead atoms. The fourth-order valence-corrected chi connectivity index (χ4v) is 11.2. The molecule has 6 N–H and O–H groups in total. The predicted molar refractivity (Wildman–Crippen MR) is 355 cm³/mol. The maximum atomic E-state index is 13.4. The van der Waals surface area contributed by atoms with Gasteiger partial charge in [-0.15, -0.1) is 0 Å². The molecule has 6 aromatic carbocycles. The summed E-state index contributed by atoms with van der Waals surface area (Å²) >= 11 is 0. The zero-order chi connectivity index (χ0) is 61.7. The number of hydrogen-bond donors (Lipinski definition) is 5. The van der Waals surface area contributed by atoms with Crippen molar-refractivity contribution in [2.45, 2.75) is 85.4 Å². The number of hydrogen-bond acceptors (Lipinski definition) is 12. The number of carbonyl (C=O) groups is 5. The smallest absolute Gasteiger partial charge is 0.410 e. The molecular formula is C72H83N9O8. The molecule has 89 heavy (non-hydrogen) atoms. The summed E-state index contributed by atoms with van der Waals surface area (Å²) in [5.41, 5.74) is 12.7. The van der Waals surface area contributed by atoms with Gasteiger partial charge >= 0.3 is 18.2 Å². The number of fused-ring (bicyclic) bond motifs is 3. The quantitative estimate of drug-likeness (QED) is 0.0893. The number of carboxylic acids is 1. The van der Waals surface area contributed by atoms with Gasteiger partial charge in [0, 0.05) is 97.5 Å². The van der Waals surface area contributed by atoms with Gasteiger partial charge in [-0.1, -0.05) is 124 Å². The van der Waals surface area contributed by atoms with Crippen molar-refractivity contribution in [1.82, 2.24) is 30.1 Å². The number of anilines is 3. The minimum atomic E-state index is -0.880. The van der Waals surface area contributed by atoms with E-state index in [1.165, 1.54) is 10.5 Å². The number of nitrogen functional groups attached to an aromatic ring is 1. The summed E-state index contributed by atoms with van der Waals surface area (Å²) in [6.45, 7) is 13.8. The Morgan fingerprint density at radius 1 is 0.461 bits per heavy atom. The van der Waals surface area contributed by atoms with Crippen LogP contribution in [0.3, 0.4) is 0 Å². The van der Waals surface area contributed by atoms with Gasteiger partial charge in [-0.05, 0) is 131 Å². The molecule has 3 saturated heterocycles. The standard InChI is InChI=1S/C25H27N3O3.C20H19N3O.C16H21NO4.C9H8N2.2CH4/c1-25(2,3)31-24(30)28-15-19(17-9-5-4-6-10-17)20(16-28)23(29)27-22-13-7-12-21-18(22)11-8-14-26-21;24-20(17-13-21-12-16(17)14-6-2-1-3-7-14)23-19-10-4-9-18-15(19)8-5-11-22-18;1-16(2,3)21-15(20)17-9-12(13(10-17)14(18)19)11-7-5-4-6-8-11;10-8-4-1-5-9-7(8)3-2-6-11-9;;/h4-14,19-20H,15-16H2,1-3H3,(H,27,29);1-11,16-17,21H,12-13H2,(H,23,24);4-8,12-13H,9-10H2,1-3H3,(H,18,19);1-6H,10H2;2*1H4/t19-,20+;16-,17+;12-,13+;;;/m000.../s1. The number of rotatable bonds is 8. The lowest BCUT2D eigenvalue weighted by Crippen LogP contribution is -2.36. The Hall–Kier alpha value is -9.74. The van der Waals surface area contributed by atoms with Crippen molar-refractivity contribution < 1.29 is 38.6 Å². The maximum Gasteiger partial charge on any atom is 0.410 e. The molecular weight excluding hydrogens is 1120 g/mol. The zero-order valence-corrected chi connectivity index (χ0v) is 49.9. The first-order valence-corrected chi connectivity index (χ1v) is 29.2. The van der Waals surface area contributed by atoms with Crippen LogP contribution in [0.15, 0.2) is 201 Å². The number of carbonyl (C=O) groups excluding carboxylic acids is 4. The van der Waals surface area contributed by atoms with E-state index in [0.29, 0.717) is 26.2 Å². The van der Waals surface area contributed by atoms with Crippen molar-refractivity contribution in [1.29, 1.82) is 0 Å². The van der Waals surface area contributed by atoms with Gasteiger partial charge in [-0.2, -0.15) is 0 Å². The highest BCUT2D eigenvalue weighted by molar-refractivity contribution is 6.03. The van der Waals surface area contributed by atoms with Crippen molar-refractivity contribution in [2.24, 2.45) is 17.8 Å². The third kappa shape index (κ3) is 17.5. The van der Waals surface area contributed by atoms with E-state index in [1.807, 2.05) is 191 Å². The molecule has 3 fully saturated rings. The van der Waals surface area contributed by atoms with Crippen LogP contribution in [0.2, 0.25) is 0 Å². The molecule has 9 aromatic rings. The van der Waals surface area contributed by atoms with Crippen molar-refractivity contribution >= 4 is 79.7 Å². The highest BCUT2D eigenvalue weighted by Gasteiger charge is 2.43. The summed E-state index contributed by atoms with van der Waals surface area (Å²) in [7, 11) is 0. The Kier molecular flexibility index (Phi) is 22.7. The Bertz CT molecular complexity index is 3810. The van der Waals surface area contributed by atoms with Crippen molar-refractivity contribution in [3.05, 3.63) is 217 Å². The molecule has 0 radical (unpaired) electrons. The van der Waals surface area contributed by atoms with Crippen LogP contribution in [0.25, 0.3) is 32.7 Å². The highest BCUT2D eigenvalue weighted by atomic mass is 16.6. The molecule has 3 aromatic heterocycles. The second-order valence-electron chi connectivity index (χ2n) is 23.8. The number of ether oxygens (including phenoxy) is 2. The molecule has 17 nitrogen and oxygen atoms in total. The summed E-state index contributed by atoms with van der Waals surface area (Å²) < 4.78 is 10.9. The van der Waals surface area contributed by atoms with Gasteiger partial charge < -0.3 is 46.1 Å². The summed E-state index contributed by atoms with van der Waals surface area (Å²) in [6, 6.07) is 58.3. The fraction of sp³-hybridized carbons (Fsp3) is 0.306. The monoisotopic (exact) mass is 1200 g/mol. The van der Waals surface area contributed by atoms with E-state index in [4.69, 9.17) is 15.2 Å². The number of pyridine rings is 3. The van der Waals surface area contributed by atoms with Crippen LogP contribution in [0.1, 0.15) is 90.8 Å². The molecule has 6 atom stereocenters. The second-order valence-corrected chi connectivity index (χ2v) is 23.8. The van der Waals surface area contributed by atoms with Crippen LogP contribution < -0.4 is 21.7 Å². The van der Waals surface area contributed by atoms with E-state index in [-0.39, 0.29) is 62.8 Å². The lowest BCUT2D eigenvalue weighted by Gasteiger charge is -2.24. The van der Waals surface area contributed by atoms with Gasteiger partial charge in [0.15, 0.2) is 0 Å². The molecule has 6 heterocycles. The summed E-state index contributed by atoms with van der Waals surface area (Å²) in [4.78, 5) is 78.5. The summed E-state index contributed by atoms with van der Waals surface area (Å²) in [5.74, 6) is -2.09. The summed E-state index contributed by atoms with van der Waals surface area (Å²) in [6.07, 6.45) is 4.42. The average molecular weight is 1200 g/mol. The van der Waals surface area contributed by atoms with E-state index in [9.17, 15) is 29.1 Å². The number of benzene rings is 6. The van der Waals surface area contributed by atoms with Gasteiger partial charge in [-0.3, -0.25) is 29.3 Å². The number of amides is 4. The molecule has 0 saturated carbocycles. The number of nitrogens with zero attached hydrogens (tertiary/aromatic N) is 5. The highest BCUT2D eigenvalue weighted by Crippen LogP contribution is 2.37. The number of carboxylic acid groups (broad SMARTS) is 1. The number of nitrogens with two attached hydrogens (primary N) is 1. The largest absolute Gasteiger partial charge is 0.481 e. The van der Waals surface area contributed by atoms with Crippen molar-refractivity contribution in [3.8, 4) is 0 Å². The third-order valence-corrected chi connectivity index (χ3v) is 15.3. The third-order valence-electron chi connectivity index (χ3n) is 15.3. The number of aliphatic carboxylic acids is 1. The van der Waals surface area contributed by atoms with E-state index in [0.717, 1.165) is 67.4 Å². The molecule has 0 aliphatic carbocycles. The lowest BCUT2D eigenvalue weighted by molar-refractivity contribution is -0.141. The van der Waals surface area contributed by atoms with Gasteiger partial charge in [-0.25, -0.2) is 9.59 Å². The number of nitrogens with one attached hydrogen (secondary N) is 3. The Morgan fingerprint density at radius 3 is 1.27 bits per heavy atom. The molecule has 0 unspecified atom stereocenters. The number of likely N-dealkylation sites (tertiary alicyclic amines) is 2. The van der Waals surface area contributed by atoms with Crippen molar-refractivity contribution in [2.75, 3.05) is 55.6 Å². The number of aromatic nitrogens is 3. The van der Waals surface area contributed by atoms with Crippen LogP contribution in [0.4, 0.5) is 26.7 Å². The Balaban J connectivity index is 0.000000176. The van der Waals surface area contributed by atoms with Gasteiger partial charge in [0.2, 0.25) is 11.8 Å². The molecule has 4 amide bonds. The van der Waals surface area contributed by atoms with Crippen LogP contribution in [-0.2, 0) is 23.9 Å². The topological polar surface area (TPSA) is 231 Å². The van der Waals surface area contributed by atoms with Crippen LogP contribution >= 0.6 is 0 Å². The SMILES string of the molecule is C.C.CC(C)(C)OC(=O)N1C[C@@H](C(=O)Nc2cccc3ncccc23)[C@H](c2ccccc2)C1.CC(C)(C)OC(=O)N1C[C@@H](C(=O)O)[C@H](c2ccccc2)C1.Nc1cccc2ncccc12.O=C(Nc1cccc2ncccc12)[C@@H]1CNC[C@H]1c1ccccc1. The first kappa shape index (κ1) is 66.8. The molecule has 3 aliphatic heterocycles. The molecule has 17 heteroatoms. The normalized spacial score (nSPS) is 18.4. The Morgan fingerprint density at radius 2 is 0.843 bits per heavy atom. The van der Waals surface area contributed by atoms with Crippen LogP contribution in [0, 0.1) is 17.8 Å². The first-order chi connectivity index (χ1) is 41.8. The van der Waals surface area contributed by atoms with E-state index in [1.54, 1.807) is 44.3 Å². The van der Waals surface area contributed by atoms with E-state index < -0.39 is 35.3 Å². The molecule has 12 rings (SSSR count). The first-order valence-electron chi connectivity index (χ1n) is 29.2.